The maximum atomic E-state index is 13.0. The van der Waals surface area contributed by atoms with Crippen molar-refractivity contribution >= 4 is 5.91 Å². The quantitative estimate of drug-likeness (QED) is 0.732. The number of benzene rings is 1. The Bertz CT molecular complexity index is 643. The molecule has 1 atom stereocenters. The zero-order valence-electron chi connectivity index (χ0n) is 17.1. The molecule has 1 aromatic carbocycles. The molecule has 4 heteroatoms. The van der Waals surface area contributed by atoms with Gasteiger partial charge in [-0.25, -0.2) is 0 Å². The van der Waals surface area contributed by atoms with E-state index in [0.29, 0.717) is 5.91 Å². The molecule has 2 heterocycles. The summed E-state index contributed by atoms with van der Waals surface area (Å²) in [5, 5.41) is 0. The van der Waals surface area contributed by atoms with Gasteiger partial charge in [0.05, 0.1) is 0 Å². The molecule has 0 N–H and O–H groups in total. The van der Waals surface area contributed by atoms with Crippen LogP contribution in [0.2, 0.25) is 0 Å². The van der Waals surface area contributed by atoms with Gasteiger partial charge in [0.15, 0.2) is 0 Å². The lowest BCUT2D eigenvalue weighted by molar-refractivity contribution is -0.139. The van der Waals surface area contributed by atoms with E-state index in [-0.39, 0.29) is 5.92 Å². The Morgan fingerprint density at radius 3 is 2.29 bits per heavy atom. The van der Waals surface area contributed by atoms with E-state index < -0.39 is 0 Å². The van der Waals surface area contributed by atoms with E-state index in [1.54, 1.807) is 0 Å². The second kappa shape index (κ2) is 9.71. The van der Waals surface area contributed by atoms with Crippen LogP contribution in [-0.4, -0.2) is 66.4 Å². The first kappa shape index (κ1) is 19.7. The maximum Gasteiger partial charge on any atom is 0.225 e. The SMILES string of the molecule is O=C(C1CCN(C[C@@H]2CC=CCC2)CC1)N1CCN(Cc2ccccc2)CC1. The van der Waals surface area contributed by atoms with Crippen molar-refractivity contribution in [2.24, 2.45) is 11.8 Å². The molecule has 2 fully saturated rings. The summed E-state index contributed by atoms with van der Waals surface area (Å²) in [5.74, 6) is 1.50. The van der Waals surface area contributed by atoms with E-state index >= 15 is 0 Å². The molecule has 1 aliphatic carbocycles. The minimum Gasteiger partial charge on any atom is -0.340 e. The van der Waals surface area contributed by atoms with Gasteiger partial charge < -0.3 is 9.80 Å². The highest BCUT2D eigenvalue weighted by atomic mass is 16.2. The molecule has 3 aliphatic rings. The zero-order valence-corrected chi connectivity index (χ0v) is 17.1. The van der Waals surface area contributed by atoms with Crippen LogP contribution in [0.5, 0.6) is 0 Å². The van der Waals surface area contributed by atoms with Gasteiger partial charge in [-0.2, -0.15) is 0 Å². The first-order valence-corrected chi connectivity index (χ1v) is 11.2. The van der Waals surface area contributed by atoms with Crippen LogP contribution in [0.3, 0.4) is 0 Å². The number of carbonyl (C=O) groups is 1. The van der Waals surface area contributed by atoms with Crippen molar-refractivity contribution in [3.05, 3.63) is 48.0 Å². The number of amides is 1. The summed E-state index contributed by atoms with van der Waals surface area (Å²) in [5.41, 5.74) is 1.36. The first-order chi connectivity index (χ1) is 13.8. The van der Waals surface area contributed by atoms with Crippen LogP contribution in [0.1, 0.15) is 37.7 Å². The van der Waals surface area contributed by atoms with Crippen molar-refractivity contribution in [3.8, 4) is 0 Å². The van der Waals surface area contributed by atoms with Crippen LogP contribution >= 0.6 is 0 Å². The molecule has 4 rings (SSSR count). The standard InChI is InChI=1S/C24H35N3O/c28-24(23-11-13-25(14-12-23)19-21-7-3-1-4-8-21)27-17-15-26(16-18-27)20-22-9-5-2-6-10-22/h1-3,5-6,9-10,21,23H,4,7-8,11-20H2/t21-/m1/s1. The molecule has 0 saturated carbocycles. The molecule has 1 amide bonds. The summed E-state index contributed by atoms with van der Waals surface area (Å²) in [6.07, 6.45) is 10.6. The van der Waals surface area contributed by atoms with Crippen LogP contribution < -0.4 is 0 Å². The molecule has 2 saturated heterocycles. The Kier molecular flexibility index (Phi) is 6.81. The lowest BCUT2D eigenvalue weighted by Gasteiger charge is -2.39. The molecule has 0 radical (unpaired) electrons. The monoisotopic (exact) mass is 381 g/mol. The first-order valence-electron chi connectivity index (χ1n) is 11.2. The van der Waals surface area contributed by atoms with Gasteiger partial charge >= 0.3 is 0 Å². The number of allylic oxidation sites excluding steroid dienone is 2. The second-order valence-corrected chi connectivity index (χ2v) is 8.81. The number of hydrogen-bond acceptors (Lipinski definition) is 3. The van der Waals surface area contributed by atoms with Gasteiger partial charge in [0.1, 0.15) is 0 Å². The van der Waals surface area contributed by atoms with E-state index in [1.807, 2.05) is 0 Å². The number of likely N-dealkylation sites (tertiary alicyclic amines) is 1. The van der Waals surface area contributed by atoms with E-state index in [9.17, 15) is 4.79 Å². The van der Waals surface area contributed by atoms with Gasteiger partial charge in [0, 0.05) is 45.2 Å². The third-order valence-corrected chi connectivity index (χ3v) is 6.76. The minimum absolute atomic E-state index is 0.253. The largest absolute Gasteiger partial charge is 0.340 e. The predicted molar refractivity (Wildman–Crippen MR) is 114 cm³/mol. The van der Waals surface area contributed by atoms with E-state index in [2.05, 4.69) is 57.2 Å². The van der Waals surface area contributed by atoms with Gasteiger partial charge in [-0.1, -0.05) is 42.5 Å². The number of piperidine rings is 1. The van der Waals surface area contributed by atoms with Gasteiger partial charge in [-0.05, 0) is 56.7 Å². The van der Waals surface area contributed by atoms with E-state index in [1.165, 1.54) is 31.4 Å². The van der Waals surface area contributed by atoms with Crippen LogP contribution in [0.4, 0.5) is 0 Å². The maximum absolute atomic E-state index is 13.0. The van der Waals surface area contributed by atoms with Crippen LogP contribution in [0.15, 0.2) is 42.5 Å². The van der Waals surface area contributed by atoms with Crippen molar-refractivity contribution < 1.29 is 4.79 Å². The topological polar surface area (TPSA) is 26.8 Å². The highest BCUT2D eigenvalue weighted by molar-refractivity contribution is 5.79. The van der Waals surface area contributed by atoms with Crippen LogP contribution in [0.25, 0.3) is 0 Å². The molecule has 2 aliphatic heterocycles. The fourth-order valence-electron chi connectivity index (χ4n) is 4.98. The summed E-state index contributed by atoms with van der Waals surface area (Å²) in [4.78, 5) is 20.2. The zero-order chi connectivity index (χ0) is 19.2. The van der Waals surface area contributed by atoms with E-state index in [4.69, 9.17) is 0 Å². The lowest BCUT2D eigenvalue weighted by Crippen LogP contribution is -2.51. The lowest BCUT2D eigenvalue weighted by atomic mass is 9.91. The summed E-state index contributed by atoms with van der Waals surface area (Å²) in [7, 11) is 0. The minimum atomic E-state index is 0.253. The van der Waals surface area contributed by atoms with Crippen molar-refractivity contribution in [1.82, 2.24) is 14.7 Å². The summed E-state index contributed by atoms with van der Waals surface area (Å²) in [6.45, 7) is 8.19. The Morgan fingerprint density at radius 1 is 0.857 bits per heavy atom. The van der Waals surface area contributed by atoms with Gasteiger partial charge in [0.25, 0.3) is 0 Å². The third-order valence-electron chi connectivity index (χ3n) is 6.76. The Morgan fingerprint density at radius 2 is 1.61 bits per heavy atom. The molecule has 4 nitrogen and oxygen atoms in total. The number of rotatable bonds is 5. The van der Waals surface area contributed by atoms with Crippen molar-refractivity contribution in [3.63, 3.8) is 0 Å². The average molecular weight is 382 g/mol. The molecule has 0 bridgehead atoms. The molecule has 0 unspecified atom stereocenters. The molecule has 28 heavy (non-hydrogen) atoms. The highest BCUT2D eigenvalue weighted by Crippen LogP contribution is 2.24. The number of hydrogen-bond donors (Lipinski definition) is 0. The molecular weight excluding hydrogens is 346 g/mol. The van der Waals surface area contributed by atoms with E-state index in [0.717, 1.165) is 64.6 Å². The predicted octanol–water partition coefficient (Wildman–Crippen LogP) is 3.40. The third kappa shape index (κ3) is 5.24. The summed E-state index contributed by atoms with van der Waals surface area (Å²) in [6, 6.07) is 10.7. The van der Waals surface area contributed by atoms with Gasteiger partial charge in [-0.3, -0.25) is 9.69 Å². The van der Waals surface area contributed by atoms with Gasteiger partial charge in [-0.15, -0.1) is 0 Å². The molecule has 0 spiro atoms. The molecule has 1 aromatic rings. The Balaban J connectivity index is 1.18. The number of piperazine rings is 1. The summed E-state index contributed by atoms with van der Waals surface area (Å²) >= 11 is 0. The van der Waals surface area contributed by atoms with Crippen molar-refractivity contribution in [1.29, 1.82) is 0 Å². The molecule has 152 valence electrons. The summed E-state index contributed by atoms with van der Waals surface area (Å²) < 4.78 is 0. The fourth-order valence-corrected chi connectivity index (χ4v) is 4.98. The van der Waals surface area contributed by atoms with Crippen molar-refractivity contribution in [2.75, 3.05) is 45.8 Å². The average Bonchev–Trinajstić information content (AvgIpc) is 2.76. The fraction of sp³-hybridized carbons (Fsp3) is 0.625. The normalized spacial score (nSPS) is 25.1. The smallest absolute Gasteiger partial charge is 0.225 e. The molecular formula is C24H35N3O. The second-order valence-electron chi connectivity index (χ2n) is 8.81. The Hall–Kier alpha value is -1.65. The number of nitrogens with zero attached hydrogens (tertiary/aromatic N) is 3. The van der Waals surface area contributed by atoms with Gasteiger partial charge in [0.2, 0.25) is 5.91 Å². The highest BCUT2D eigenvalue weighted by Gasteiger charge is 2.31. The number of carbonyl (C=O) groups excluding carboxylic acids is 1. The Labute approximate surface area is 170 Å². The molecule has 0 aromatic heterocycles. The van der Waals surface area contributed by atoms with Crippen molar-refractivity contribution in [2.45, 2.75) is 38.6 Å². The van der Waals surface area contributed by atoms with Crippen LogP contribution in [0, 0.1) is 11.8 Å². The van der Waals surface area contributed by atoms with Crippen LogP contribution in [-0.2, 0) is 11.3 Å².